The van der Waals surface area contributed by atoms with E-state index in [1.54, 1.807) is 6.07 Å². The Hall–Kier alpha value is -1.89. The Bertz CT molecular complexity index is 746. The van der Waals surface area contributed by atoms with Crippen molar-refractivity contribution in [2.24, 2.45) is 0 Å². The van der Waals surface area contributed by atoms with E-state index in [4.69, 9.17) is 11.6 Å². The predicted molar refractivity (Wildman–Crippen MR) is 93.1 cm³/mol. The summed E-state index contributed by atoms with van der Waals surface area (Å²) in [5.74, 6) is -0.276. The highest BCUT2D eigenvalue weighted by atomic mass is 35.5. The summed E-state index contributed by atoms with van der Waals surface area (Å²) in [6.45, 7) is 0.927. The van der Waals surface area contributed by atoms with Crippen LogP contribution in [0.1, 0.15) is 4.88 Å². The minimum absolute atomic E-state index is 0.0501. The third kappa shape index (κ3) is 3.72. The molecule has 1 aromatic carbocycles. The van der Waals surface area contributed by atoms with Crippen LogP contribution in [0.3, 0.4) is 0 Å². The lowest BCUT2D eigenvalue weighted by molar-refractivity contribution is -0.122. The largest absolute Gasteiger partial charge is 0.323 e. The summed E-state index contributed by atoms with van der Waals surface area (Å²) in [7, 11) is 1.88. The molecule has 120 valence electrons. The number of benzene rings is 1. The van der Waals surface area contributed by atoms with Gasteiger partial charge in [-0.05, 0) is 31.3 Å². The number of rotatable bonds is 4. The van der Waals surface area contributed by atoms with Crippen LogP contribution in [0, 0.1) is 0 Å². The SMILES string of the molecule is CN(CC(=O)N1CC(=O)Nc2ccccc21)Cc1ccc(Cl)s1. The second-order valence-electron chi connectivity index (χ2n) is 5.42. The van der Waals surface area contributed by atoms with E-state index in [1.807, 2.05) is 42.3 Å². The fraction of sp³-hybridized carbons (Fsp3) is 0.250. The quantitative estimate of drug-likeness (QED) is 0.923. The highest BCUT2D eigenvalue weighted by Crippen LogP contribution is 2.29. The molecule has 5 nitrogen and oxygen atoms in total. The lowest BCUT2D eigenvalue weighted by Crippen LogP contribution is -2.45. The summed E-state index contributed by atoms with van der Waals surface area (Å²) in [6.07, 6.45) is 0. The van der Waals surface area contributed by atoms with Crippen LogP contribution in [0.5, 0.6) is 0 Å². The molecule has 2 heterocycles. The number of amides is 2. The molecule has 23 heavy (non-hydrogen) atoms. The maximum atomic E-state index is 12.6. The zero-order valence-electron chi connectivity index (χ0n) is 12.6. The van der Waals surface area contributed by atoms with Crippen molar-refractivity contribution < 1.29 is 9.59 Å². The first-order chi connectivity index (χ1) is 11.0. The van der Waals surface area contributed by atoms with Crippen molar-refractivity contribution in [1.29, 1.82) is 0 Å². The Morgan fingerprint density at radius 2 is 2.13 bits per heavy atom. The maximum absolute atomic E-state index is 12.6. The normalized spacial score (nSPS) is 13.9. The van der Waals surface area contributed by atoms with Crippen molar-refractivity contribution >= 4 is 46.1 Å². The van der Waals surface area contributed by atoms with Gasteiger partial charge in [0.15, 0.2) is 0 Å². The van der Waals surface area contributed by atoms with Crippen LogP contribution in [0.4, 0.5) is 11.4 Å². The van der Waals surface area contributed by atoms with Gasteiger partial charge in [0.05, 0.1) is 22.3 Å². The summed E-state index contributed by atoms with van der Waals surface area (Å²) in [5, 5.41) is 2.78. The van der Waals surface area contributed by atoms with Gasteiger partial charge in [0.2, 0.25) is 11.8 Å². The van der Waals surface area contributed by atoms with Gasteiger partial charge in [-0.2, -0.15) is 0 Å². The summed E-state index contributed by atoms with van der Waals surface area (Å²) in [5.41, 5.74) is 1.41. The molecule has 0 saturated heterocycles. The van der Waals surface area contributed by atoms with Crippen LogP contribution >= 0.6 is 22.9 Å². The van der Waals surface area contributed by atoms with Gasteiger partial charge in [0.25, 0.3) is 0 Å². The zero-order chi connectivity index (χ0) is 16.4. The van der Waals surface area contributed by atoms with Crippen molar-refractivity contribution in [2.75, 3.05) is 30.4 Å². The molecule has 7 heteroatoms. The number of thiophene rings is 1. The molecule has 0 saturated carbocycles. The van der Waals surface area contributed by atoms with E-state index < -0.39 is 0 Å². The average Bonchev–Trinajstić information content (AvgIpc) is 2.91. The Kier molecular flexibility index (Phi) is 4.66. The second kappa shape index (κ2) is 6.70. The number of likely N-dealkylation sites (N-methyl/N-ethyl adjacent to an activating group) is 1. The van der Waals surface area contributed by atoms with Crippen LogP contribution in [0.2, 0.25) is 4.34 Å². The van der Waals surface area contributed by atoms with Gasteiger partial charge in [-0.3, -0.25) is 19.4 Å². The number of halogens is 1. The van der Waals surface area contributed by atoms with Crippen molar-refractivity contribution in [1.82, 2.24) is 4.90 Å². The van der Waals surface area contributed by atoms with Crippen LogP contribution in [-0.4, -0.2) is 36.9 Å². The fourth-order valence-electron chi connectivity index (χ4n) is 2.53. The second-order valence-corrected chi connectivity index (χ2v) is 7.22. The van der Waals surface area contributed by atoms with Gasteiger partial charge < -0.3 is 5.32 Å². The molecule has 1 aromatic heterocycles. The third-order valence-corrected chi connectivity index (χ3v) is 4.75. The number of nitrogens with zero attached hydrogens (tertiary/aromatic N) is 2. The van der Waals surface area contributed by atoms with Gasteiger partial charge in [-0.25, -0.2) is 0 Å². The first kappa shape index (κ1) is 16.0. The summed E-state index contributed by atoms with van der Waals surface area (Å²) < 4.78 is 0.737. The van der Waals surface area contributed by atoms with Gasteiger partial charge in [-0.15, -0.1) is 11.3 Å². The molecule has 1 aliphatic rings. The lowest BCUT2D eigenvalue weighted by atomic mass is 10.2. The number of carbonyl (C=O) groups is 2. The number of carbonyl (C=O) groups excluding carboxylic acids is 2. The van der Waals surface area contributed by atoms with E-state index in [-0.39, 0.29) is 24.9 Å². The van der Waals surface area contributed by atoms with E-state index in [0.29, 0.717) is 12.2 Å². The summed E-state index contributed by atoms with van der Waals surface area (Å²) in [4.78, 5) is 28.9. The monoisotopic (exact) mass is 349 g/mol. The summed E-state index contributed by atoms with van der Waals surface area (Å²) >= 11 is 7.43. The molecule has 0 fully saturated rings. The number of nitrogens with one attached hydrogen (secondary N) is 1. The minimum Gasteiger partial charge on any atom is -0.323 e. The first-order valence-corrected chi connectivity index (χ1v) is 8.34. The summed E-state index contributed by atoms with van der Waals surface area (Å²) in [6, 6.07) is 11.1. The Balaban J connectivity index is 1.69. The number of hydrogen-bond acceptors (Lipinski definition) is 4. The Labute approximate surface area is 143 Å². The molecule has 3 rings (SSSR count). The number of para-hydroxylation sites is 2. The molecule has 0 aliphatic carbocycles. The first-order valence-electron chi connectivity index (χ1n) is 7.15. The van der Waals surface area contributed by atoms with Crippen molar-refractivity contribution in [3.05, 3.63) is 45.6 Å². The standard InChI is InChI=1S/C16H16ClN3O2S/c1-19(8-11-6-7-14(17)23-11)10-16(22)20-9-15(21)18-12-4-2-3-5-13(12)20/h2-7H,8-10H2,1H3,(H,18,21). The van der Waals surface area contributed by atoms with Crippen LogP contribution in [0.25, 0.3) is 0 Å². The Morgan fingerprint density at radius 3 is 2.87 bits per heavy atom. The molecule has 2 amide bonds. The molecule has 2 aromatic rings. The average molecular weight is 350 g/mol. The Morgan fingerprint density at radius 1 is 1.35 bits per heavy atom. The van der Waals surface area contributed by atoms with Gasteiger partial charge in [0.1, 0.15) is 6.54 Å². The van der Waals surface area contributed by atoms with E-state index in [2.05, 4.69) is 5.32 Å². The molecule has 1 aliphatic heterocycles. The van der Waals surface area contributed by atoms with Gasteiger partial charge in [0, 0.05) is 11.4 Å². The zero-order valence-corrected chi connectivity index (χ0v) is 14.2. The van der Waals surface area contributed by atoms with Crippen molar-refractivity contribution in [2.45, 2.75) is 6.54 Å². The predicted octanol–water partition coefficient (Wildman–Crippen LogP) is 2.82. The van der Waals surface area contributed by atoms with Crippen LogP contribution in [-0.2, 0) is 16.1 Å². The number of hydrogen-bond donors (Lipinski definition) is 1. The van der Waals surface area contributed by atoms with E-state index >= 15 is 0 Å². The fourth-order valence-corrected chi connectivity index (χ4v) is 3.70. The van der Waals surface area contributed by atoms with Crippen molar-refractivity contribution in [3.63, 3.8) is 0 Å². The molecule has 0 radical (unpaired) electrons. The number of fused-ring (bicyclic) bond motifs is 1. The molecule has 0 bridgehead atoms. The van der Waals surface area contributed by atoms with Crippen LogP contribution in [0.15, 0.2) is 36.4 Å². The molecule has 0 spiro atoms. The molecule has 0 atom stereocenters. The molecular formula is C16H16ClN3O2S. The smallest absolute Gasteiger partial charge is 0.244 e. The van der Waals surface area contributed by atoms with Crippen molar-refractivity contribution in [3.8, 4) is 0 Å². The van der Waals surface area contributed by atoms with E-state index in [0.717, 1.165) is 14.9 Å². The molecule has 0 unspecified atom stereocenters. The minimum atomic E-state index is -0.176. The van der Waals surface area contributed by atoms with Gasteiger partial charge >= 0.3 is 0 Å². The topological polar surface area (TPSA) is 52.7 Å². The highest BCUT2D eigenvalue weighted by Gasteiger charge is 2.27. The van der Waals surface area contributed by atoms with Gasteiger partial charge in [-0.1, -0.05) is 23.7 Å². The maximum Gasteiger partial charge on any atom is 0.244 e. The third-order valence-electron chi connectivity index (χ3n) is 3.53. The molecule has 1 N–H and O–H groups in total. The molecular weight excluding hydrogens is 334 g/mol. The number of anilines is 2. The highest BCUT2D eigenvalue weighted by molar-refractivity contribution is 7.16. The van der Waals surface area contributed by atoms with E-state index in [9.17, 15) is 9.59 Å². The van der Waals surface area contributed by atoms with E-state index in [1.165, 1.54) is 16.2 Å². The van der Waals surface area contributed by atoms with Crippen LogP contribution < -0.4 is 10.2 Å². The lowest BCUT2D eigenvalue weighted by Gasteiger charge is -2.30.